The smallest absolute Gasteiger partial charge is 0.223 e. The molecule has 0 saturated carbocycles. The molecule has 3 rings (SSSR count). The van der Waals surface area contributed by atoms with E-state index < -0.39 is 0 Å². The molecule has 1 aromatic heterocycles. The lowest BCUT2D eigenvalue weighted by Crippen LogP contribution is -2.35. The molecule has 1 aliphatic rings. The summed E-state index contributed by atoms with van der Waals surface area (Å²) in [6.07, 6.45) is 1.34. The second-order valence-corrected chi connectivity index (χ2v) is 8.01. The number of hydrogen-bond acceptors (Lipinski definition) is 5. The molecule has 26 heavy (non-hydrogen) atoms. The second kappa shape index (κ2) is 8.18. The lowest BCUT2D eigenvalue weighted by atomic mass is 9.93. The number of likely N-dealkylation sites (N-methyl/N-ethyl adjacent to an activating group) is 1. The number of nitrogens with zero attached hydrogens (tertiary/aromatic N) is 3. The minimum Gasteiger partial charge on any atom is -0.497 e. The lowest BCUT2D eigenvalue weighted by molar-refractivity contribution is -0.130. The van der Waals surface area contributed by atoms with E-state index >= 15 is 0 Å². The van der Waals surface area contributed by atoms with E-state index in [9.17, 15) is 4.79 Å². The van der Waals surface area contributed by atoms with Crippen molar-refractivity contribution in [1.82, 2.24) is 14.8 Å². The molecule has 1 amide bonds. The number of methoxy groups -OCH3 is 1. The number of carbonyl (C=O) groups excluding carboxylic acids is 1. The van der Waals surface area contributed by atoms with Crippen LogP contribution in [-0.2, 0) is 11.2 Å². The Kier molecular flexibility index (Phi) is 5.94. The summed E-state index contributed by atoms with van der Waals surface area (Å²) in [5, 5.41) is 0. The zero-order valence-electron chi connectivity index (χ0n) is 15.9. The highest BCUT2D eigenvalue weighted by Crippen LogP contribution is 2.31. The Balaban J connectivity index is 1.67. The third-order valence-electron chi connectivity index (χ3n) is 5.26. The molecule has 0 radical (unpaired) electrons. The maximum absolute atomic E-state index is 12.8. The van der Waals surface area contributed by atoms with Crippen LogP contribution in [0.3, 0.4) is 0 Å². The highest BCUT2D eigenvalue weighted by atomic mass is 32.1. The van der Waals surface area contributed by atoms with Gasteiger partial charge in [-0.15, -0.1) is 11.3 Å². The van der Waals surface area contributed by atoms with Crippen molar-refractivity contribution in [3.63, 3.8) is 0 Å². The summed E-state index contributed by atoms with van der Waals surface area (Å²) >= 11 is 1.64. The summed E-state index contributed by atoms with van der Waals surface area (Å²) < 4.78 is 5.26. The van der Waals surface area contributed by atoms with Gasteiger partial charge in [-0.25, -0.2) is 4.98 Å². The van der Waals surface area contributed by atoms with Crippen molar-refractivity contribution in [3.8, 4) is 5.75 Å². The van der Waals surface area contributed by atoms with Crippen molar-refractivity contribution in [2.45, 2.75) is 31.7 Å². The van der Waals surface area contributed by atoms with Crippen LogP contribution in [0.15, 0.2) is 29.8 Å². The number of thiazole rings is 1. The molecule has 0 bridgehead atoms. The van der Waals surface area contributed by atoms with Crippen LogP contribution >= 0.6 is 11.3 Å². The molecule has 1 saturated heterocycles. The summed E-state index contributed by atoms with van der Waals surface area (Å²) in [6.45, 7) is 3.56. The SMILES string of the molecule is COc1ccc([C@@H]2CN(C(=O)CCc3scnc3C)C[C@H]2N(C)C)cc1. The third kappa shape index (κ3) is 4.07. The molecular formula is C20H27N3O2S. The average Bonchev–Trinajstić information content (AvgIpc) is 3.26. The summed E-state index contributed by atoms with van der Waals surface area (Å²) in [6, 6.07) is 8.57. The maximum Gasteiger partial charge on any atom is 0.223 e. The first-order valence-corrected chi connectivity index (χ1v) is 9.84. The Labute approximate surface area is 159 Å². The second-order valence-electron chi connectivity index (χ2n) is 7.07. The number of aromatic nitrogens is 1. The van der Waals surface area contributed by atoms with Gasteiger partial charge in [0.2, 0.25) is 5.91 Å². The van der Waals surface area contributed by atoms with Crippen molar-refractivity contribution in [1.29, 1.82) is 0 Å². The molecule has 6 heteroatoms. The van der Waals surface area contributed by atoms with Gasteiger partial charge in [0.25, 0.3) is 0 Å². The molecule has 0 unspecified atom stereocenters. The van der Waals surface area contributed by atoms with Crippen LogP contribution in [0.4, 0.5) is 0 Å². The molecule has 2 heterocycles. The first-order chi connectivity index (χ1) is 12.5. The zero-order valence-corrected chi connectivity index (χ0v) is 16.8. The fraction of sp³-hybridized carbons (Fsp3) is 0.500. The van der Waals surface area contributed by atoms with Gasteiger partial charge in [0, 0.05) is 36.3 Å². The van der Waals surface area contributed by atoms with Crippen molar-refractivity contribution >= 4 is 17.2 Å². The molecule has 5 nitrogen and oxygen atoms in total. The molecule has 1 aromatic carbocycles. The summed E-state index contributed by atoms with van der Waals surface area (Å²) in [4.78, 5) is 22.5. The molecule has 0 spiro atoms. The van der Waals surface area contributed by atoms with Gasteiger partial charge in [0.15, 0.2) is 0 Å². The molecule has 0 N–H and O–H groups in total. The Hall–Kier alpha value is -1.92. The van der Waals surface area contributed by atoms with Crippen LogP contribution in [0, 0.1) is 6.92 Å². The van der Waals surface area contributed by atoms with E-state index in [1.54, 1.807) is 18.4 Å². The Bertz CT molecular complexity index is 742. The van der Waals surface area contributed by atoms with Crippen molar-refractivity contribution in [3.05, 3.63) is 45.9 Å². The van der Waals surface area contributed by atoms with Crippen molar-refractivity contribution in [2.24, 2.45) is 0 Å². The summed E-state index contributed by atoms with van der Waals surface area (Å²) in [7, 11) is 5.87. The molecule has 1 aliphatic heterocycles. The van der Waals surface area contributed by atoms with Crippen molar-refractivity contribution < 1.29 is 9.53 Å². The highest BCUT2D eigenvalue weighted by molar-refractivity contribution is 7.09. The quantitative estimate of drug-likeness (QED) is 0.781. The van der Waals surface area contributed by atoms with Gasteiger partial charge in [0.05, 0.1) is 18.3 Å². The van der Waals surface area contributed by atoms with E-state index in [0.717, 1.165) is 31.0 Å². The van der Waals surface area contributed by atoms with Gasteiger partial charge in [-0.05, 0) is 45.1 Å². The normalized spacial score (nSPS) is 20.0. The standard InChI is InChI=1S/C20H27N3O2S/c1-14-19(26-13-21-14)9-10-20(24)23-11-17(18(12-23)22(2)3)15-5-7-16(25-4)8-6-15/h5-8,13,17-18H,9-12H2,1-4H3/t17-,18+/m0/s1. The minimum absolute atomic E-state index is 0.237. The van der Waals surface area contributed by atoms with E-state index in [1.165, 1.54) is 10.4 Å². The fourth-order valence-corrected chi connectivity index (χ4v) is 4.42. The van der Waals surface area contributed by atoms with E-state index in [0.29, 0.717) is 18.4 Å². The van der Waals surface area contributed by atoms with E-state index in [2.05, 4.69) is 36.1 Å². The number of likely N-dealkylation sites (tertiary alicyclic amines) is 1. The number of rotatable bonds is 6. The molecule has 2 aromatic rings. The Morgan fingerprint density at radius 2 is 2.04 bits per heavy atom. The van der Waals surface area contributed by atoms with Gasteiger partial charge >= 0.3 is 0 Å². The molecule has 1 fully saturated rings. The van der Waals surface area contributed by atoms with Crippen LogP contribution in [0.1, 0.15) is 28.5 Å². The van der Waals surface area contributed by atoms with Gasteiger partial charge in [-0.1, -0.05) is 12.1 Å². The van der Waals surface area contributed by atoms with Crippen LogP contribution in [0.25, 0.3) is 0 Å². The largest absolute Gasteiger partial charge is 0.497 e. The summed E-state index contributed by atoms with van der Waals surface area (Å²) in [5.41, 5.74) is 4.16. The van der Waals surface area contributed by atoms with Gasteiger partial charge in [0.1, 0.15) is 5.75 Å². The molecular weight excluding hydrogens is 346 g/mol. The number of benzene rings is 1. The zero-order chi connectivity index (χ0) is 18.7. The van der Waals surface area contributed by atoms with Crippen LogP contribution in [0.2, 0.25) is 0 Å². The van der Waals surface area contributed by atoms with Gasteiger partial charge in [-0.3, -0.25) is 4.79 Å². The van der Waals surface area contributed by atoms with E-state index in [-0.39, 0.29) is 5.91 Å². The molecule has 0 aliphatic carbocycles. The molecule has 2 atom stereocenters. The first-order valence-electron chi connectivity index (χ1n) is 8.96. The van der Waals surface area contributed by atoms with E-state index in [4.69, 9.17) is 4.74 Å². The lowest BCUT2D eigenvalue weighted by Gasteiger charge is -2.25. The maximum atomic E-state index is 12.8. The number of carbonyl (C=O) groups is 1. The fourth-order valence-electron chi connectivity index (χ4n) is 3.64. The Morgan fingerprint density at radius 1 is 1.31 bits per heavy atom. The average molecular weight is 374 g/mol. The van der Waals surface area contributed by atoms with Crippen molar-refractivity contribution in [2.75, 3.05) is 34.3 Å². The third-order valence-corrected chi connectivity index (χ3v) is 6.25. The van der Waals surface area contributed by atoms with Crippen LogP contribution in [-0.4, -0.2) is 61.0 Å². The topological polar surface area (TPSA) is 45.7 Å². The minimum atomic E-state index is 0.237. The summed E-state index contributed by atoms with van der Waals surface area (Å²) in [5.74, 6) is 1.42. The predicted octanol–water partition coefficient (Wildman–Crippen LogP) is 2.95. The van der Waals surface area contributed by atoms with Gasteiger partial charge < -0.3 is 14.5 Å². The highest BCUT2D eigenvalue weighted by Gasteiger charge is 2.37. The number of amides is 1. The number of aryl methyl sites for hydroxylation is 2. The monoisotopic (exact) mass is 373 g/mol. The Morgan fingerprint density at radius 3 is 2.62 bits per heavy atom. The number of ether oxygens (including phenoxy) is 1. The first kappa shape index (κ1) is 18.9. The van der Waals surface area contributed by atoms with E-state index in [1.807, 2.05) is 29.5 Å². The number of hydrogen-bond donors (Lipinski definition) is 0. The molecule has 140 valence electrons. The van der Waals surface area contributed by atoms with Crippen LogP contribution < -0.4 is 4.74 Å². The predicted molar refractivity (Wildman–Crippen MR) is 105 cm³/mol. The van der Waals surface area contributed by atoms with Crippen LogP contribution in [0.5, 0.6) is 5.75 Å². The van der Waals surface area contributed by atoms with Gasteiger partial charge in [-0.2, -0.15) is 0 Å².